The Morgan fingerprint density at radius 3 is 2.33 bits per heavy atom. The predicted molar refractivity (Wildman–Crippen MR) is 137 cm³/mol. The van der Waals surface area contributed by atoms with E-state index < -0.39 is 28.4 Å². The highest BCUT2D eigenvalue weighted by molar-refractivity contribution is 7.92. The van der Waals surface area contributed by atoms with Gasteiger partial charge in [-0.05, 0) is 67.4 Å². The summed E-state index contributed by atoms with van der Waals surface area (Å²) in [6.07, 6.45) is 1.41. The van der Waals surface area contributed by atoms with Crippen LogP contribution in [-0.2, 0) is 24.3 Å². The van der Waals surface area contributed by atoms with E-state index in [0.717, 1.165) is 15.4 Å². The molecule has 0 saturated heterocycles. The Hall–Kier alpha value is -4.18. The number of anilines is 1. The number of hydrogen-bond acceptors (Lipinski definition) is 7. The van der Waals surface area contributed by atoms with Gasteiger partial charge in [0.05, 0.1) is 23.9 Å². The SMILES string of the molecule is COC(=O)COc1ccc(/C=N/NC(=O)CN(c2ccc(C)cc2C)S(=O)(=O)c2ccccc2)cc1. The van der Waals surface area contributed by atoms with Crippen molar-refractivity contribution in [3.05, 3.63) is 89.5 Å². The number of hydrazone groups is 1. The molecule has 0 radical (unpaired) electrons. The average Bonchev–Trinajstić information content (AvgIpc) is 2.87. The number of benzene rings is 3. The second-order valence-electron chi connectivity index (χ2n) is 7.84. The van der Waals surface area contributed by atoms with Gasteiger partial charge in [0.2, 0.25) is 0 Å². The number of ether oxygens (including phenoxy) is 2. The van der Waals surface area contributed by atoms with Crippen molar-refractivity contribution >= 4 is 33.8 Å². The lowest BCUT2D eigenvalue weighted by Gasteiger charge is -2.25. The summed E-state index contributed by atoms with van der Waals surface area (Å²) in [7, 11) is -2.73. The van der Waals surface area contributed by atoms with Crippen LogP contribution in [0.25, 0.3) is 0 Å². The maximum atomic E-state index is 13.4. The third kappa shape index (κ3) is 6.92. The number of sulfonamides is 1. The van der Waals surface area contributed by atoms with E-state index in [9.17, 15) is 18.0 Å². The van der Waals surface area contributed by atoms with Gasteiger partial charge in [0, 0.05) is 0 Å². The number of rotatable bonds is 10. The summed E-state index contributed by atoms with van der Waals surface area (Å²) in [6, 6.07) is 19.9. The van der Waals surface area contributed by atoms with Crippen LogP contribution in [0.3, 0.4) is 0 Å². The van der Waals surface area contributed by atoms with Crippen LogP contribution in [0.2, 0.25) is 0 Å². The van der Waals surface area contributed by atoms with E-state index in [2.05, 4.69) is 15.3 Å². The first-order chi connectivity index (χ1) is 17.2. The Morgan fingerprint density at radius 1 is 1.00 bits per heavy atom. The standard InChI is InChI=1S/C26H27N3O6S/c1-19-9-14-24(20(2)15-19)29(36(32,33)23-7-5-4-6-8-23)17-25(30)28-27-16-21-10-12-22(13-11-21)35-18-26(31)34-3/h4-16H,17-18H2,1-3H3,(H,28,30)/b27-16+. The highest BCUT2D eigenvalue weighted by atomic mass is 32.2. The van der Waals surface area contributed by atoms with E-state index in [1.165, 1.54) is 25.5 Å². The second-order valence-corrected chi connectivity index (χ2v) is 9.70. The van der Waals surface area contributed by atoms with Gasteiger partial charge in [-0.3, -0.25) is 9.10 Å². The molecule has 0 aliphatic heterocycles. The molecular weight excluding hydrogens is 482 g/mol. The minimum atomic E-state index is -4.01. The van der Waals surface area contributed by atoms with Gasteiger partial charge >= 0.3 is 5.97 Å². The van der Waals surface area contributed by atoms with Gasteiger partial charge in [0.25, 0.3) is 15.9 Å². The largest absolute Gasteiger partial charge is 0.482 e. The maximum absolute atomic E-state index is 13.4. The summed E-state index contributed by atoms with van der Waals surface area (Å²) < 4.78 is 37.7. The summed E-state index contributed by atoms with van der Waals surface area (Å²) >= 11 is 0. The molecular formula is C26H27N3O6S. The molecule has 188 valence electrons. The van der Waals surface area contributed by atoms with E-state index in [1.54, 1.807) is 61.5 Å². The lowest BCUT2D eigenvalue weighted by atomic mass is 10.1. The van der Waals surface area contributed by atoms with Crippen LogP contribution in [0.4, 0.5) is 5.69 Å². The van der Waals surface area contributed by atoms with Crippen molar-refractivity contribution in [2.24, 2.45) is 5.10 Å². The normalized spacial score (nSPS) is 11.2. The summed E-state index contributed by atoms with van der Waals surface area (Å²) in [4.78, 5) is 23.9. The first-order valence-corrected chi connectivity index (χ1v) is 12.4. The van der Waals surface area contributed by atoms with E-state index in [0.29, 0.717) is 17.0 Å². The molecule has 9 nitrogen and oxygen atoms in total. The molecule has 3 rings (SSSR count). The van der Waals surface area contributed by atoms with E-state index in [1.807, 2.05) is 13.0 Å². The van der Waals surface area contributed by atoms with Crippen LogP contribution in [0.1, 0.15) is 16.7 Å². The molecule has 3 aromatic carbocycles. The van der Waals surface area contributed by atoms with Crippen molar-refractivity contribution < 1.29 is 27.5 Å². The first kappa shape index (κ1) is 26.4. The number of esters is 1. The molecule has 0 saturated carbocycles. The Bertz CT molecular complexity index is 1340. The monoisotopic (exact) mass is 509 g/mol. The Labute approximate surface area is 210 Å². The van der Waals surface area contributed by atoms with Crippen molar-refractivity contribution in [3.8, 4) is 5.75 Å². The molecule has 3 aromatic rings. The fourth-order valence-corrected chi connectivity index (χ4v) is 4.81. The molecule has 10 heteroatoms. The molecule has 1 amide bonds. The average molecular weight is 510 g/mol. The van der Waals surface area contributed by atoms with Crippen molar-refractivity contribution in [1.29, 1.82) is 0 Å². The highest BCUT2D eigenvalue weighted by Gasteiger charge is 2.28. The van der Waals surface area contributed by atoms with Gasteiger partial charge in [-0.2, -0.15) is 5.10 Å². The van der Waals surface area contributed by atoms with Crippen molar-refractivity contribution in [1.82, 2.24) is 5.43 Å². The maximum Gasteiger partial charge on any atom is 0.343 e. The van der Waals surface area contributed by atoms with Crippen LogP contribution in [0.15, 0.2) is 82.8 Å². The van der Waals surface area contributed by atoms with Gasteiger partial charge in [0.15, 0.2) is 6.61 Å². The number of carbonyl (C=O) groups is 2. The minimum Gasteiger partial charge on any atom is -0.482 e. The quantitative estimate of drug-likeness (QED) is 0.255. The molecule has 0 aliphatic carbocycles. The number of methoxy groups -OCH3 is 1. The van der Waals surface area contributed by atoms with Crippen LogP contribution in [0.5, 0.6) is 5.75 Å². The van der Waals surface area contributed by atoms with E-state index in [4.69, 9.17) is 4.74 Å². The van der Waals surface area contributed by atoms with Crippen molar-refractivity contribution in [2.45, 2.75) is 18.7 Å². The van der Waals surface area contributed by atoms with E-state index >= 15 is 0 Å². The number of amides is 1. The number of nitrogens with one attached hydrogen (secondary N) is 1. The van der Waals surface area contributed by atoms with Gasteiger partial charge in [-0.15, -0.1) is 0 Å². The highest BCUT2D eigenvalue weighted by Crippen LogP contribution is 2.27. The number of carbonyl (C=O) groups excluding carboxylic acids is 2. The smallest absolute Gasteiger partial charge is 0.343 e. The predicted octanol–water partition coefficient (Wildman–Crippen LogP) is 3.20. The first-order valence-electron chi connectivity index (χ1n) is 11.0. The molecule has 0 fully saturated rings. The molecule has 0 aliphatic rings. The molecule has 36 heavy (non-hydrogen) atoms. The fourth-order valence-electron chi connectivity index (χ4n) is 3.30. The second kappa shape index (κ2) is 12.0. The van der Waals surface area contributed by atoms with Crippen LogP contribution < -0.4 is 14.5 Å². The van der Waals surface area contributed by atoms with Crippen LogP contribution in [0, 0.1) is 13.8 Å². The summed E-state index contributed by atoms with van der Waals surface area (Å²) in [5.41, 5.74) is 5.14. The summed E-state index contributed by atoms with van der Waals surface area (Å²) in [6.45, 7) is 3.04. The molecule has 0 spiro atoms. The topological polar surface area (TPSA) is 114 Å². The number of aryl methyl sites for hydroxylation is 2. The zero-order valence-corrected chi connectivity index (χ0v) is 21.0. The third-order valence-electron chi connectivity index (χ3n) is 5.11. The Morgan fingerprint density at radius 2 is 1.69 bits per heavy atom. The third-order valence-corrected chi connectivity index (χ3v) is 6.88. The fraction of sp³-hybridized carbons (Fsp3) is 0.192. The van der Waals surface area contributed by atoms with Gasteiger partial charge in [0.1, 0.15) is 12.3 Å². The van der Waals surface area contributed by atoms with Crippen LogP contribution in [-0.4, -0.2) is 46.8 Å². The molecule has 0 heterocycles. The van der Waals surface area contributed by atoms with E-state index in [-0.39, 0.29) is 11.5 Å². The van der Waals surface area contributed by atoms with Crippen molar-refractivity contribution in [3.63, 3.8) is 0 Å². The molecule has 0 bridgehead atoms. The summed E-state index contributed by atoms with van der Waals surface area (Å²) in [5, 5.41) is 3.94. The Kier molecular flexibility index (Phi) is 8.80. The van der Waals surface area contributed by atoms with Gasteiger partial charge in [-0.1, -0.05) is 35.9 Å². The van der Waals surface area contributed by atoms with Gasteiger partial charge in [-0.25, -0.2) is 18.6 Å². The zero-order valence-electron chi connectivity index (χ0n) is 20.2. The lowest BCUT2D eigenvalue weighted by molar-refractivity contribution is -0.142. The zero-order chi connectivity index (χ0) is 26.1. The van der Waals surface area contributed by atoms with Gasteiger partial charge < -0.3 is 9.47 Å². The molecule has 1 N–H and O–H groups in total. The number of nitrogens with zero attached hydrogens (tertiary/aromatic N) is 2. The minimum absolute atomic E-state index is 0.0794. The molecule has 0 aromatic heterocycles. The lowest BCUT2D eigenvalue weighted by Crippen LogP contribution is -2.40. The summed E-state index contributed by atoms with van der Waals surface area (Å²) in [5.74, 6) is -0.631. The van der Waals surface area contributed by atoms with Crippen molar-refractivity contribution in [2.75, 3.05) is 24.6 Å². The number of hydrogen-bond donors (Lipinski definition) is 1. The Balaban J connectivity index is 1.72. The molecule has 0 unspecified atom stereocenters. The molecule has 0 atom stereocenters. The van der Waals surface area contributed by atoms with Crippen LogP contribution >= 0.6 is 0 Å².